The van der Waals surface area contributed by atoms with Gasteiger partial charge in [0.25, 0.3) is 0 Å². The molecule has 15 heavy (non-hydrogen) atoms. The van der Waals surface area contributed by atoms with Gasteiger partial charge in [-0.3, -0.25) is 0 Å². The van der Waals surface area contributed by atoms with Crippen LogP contribution < -0.4 is 10.1 Å². The van der Waals surface area contributed by atoms with Crippen molar-refractivity contribution in [3.63, 3.8) is 0 Å². The zero-order valence-corrected chi connectivity index (χ0v) is 8.82. The first kappa shape index (κ1) is 10.0. The van der Waals surface area contributed by atoms with Gasteiger partial charge in [0.05, 0.1) is 12.3 Å². The number of benzene rings is 1. The Morgan fingerprint density at radius 1 is 1.60 bits per heavy atom. The molecule has 2 rings (SSSR count). The number of carbonyl (C=O) groups is 1. The first-order chi connectivity index (χ1) is 7.36. The maximum absolute atomic E-state index is 10.5. The largest absolute Gasteiger partial charge is 0.492 e. The molecule has 0 amide bonds. The lowest BCUT2D eigenvalue weighted by Gasteiger charge is -2.09. The van der Waals surface area contributed by atoms with E-state index >= 15 is 0 Å². The minimum atomic E-state index is 0.304. The summed E-state index contributed by atoms with van der Waals surface area (Å²) in [6, 6.07) is 6.00. The molecule has 1 aromatic rings. The fraction of sp³-hybridized carbons (Fsp3) is 0.417. The SMILES string of the molecule is CCOc1cccc2c1NCC2CC=O. The van der Waals surface area contributed by atoms with Crippen LogP contribution in [0.2, 0.25) is 0 Å². The first-order valence-corrected chi connectivity index (χ1v) is 5.30. The summed E-state index contributed by atoms with van der Waals surface area (Å²) >= 11 is 0. The molecule has 1 aliphatic heterocycles. The monoisotopic (exact) mass is 205 g/mol. The zero-order chi connectivity index (χ0) is 10.7. The zero-order valence-electron chi connectivity index (χ0n) is 8.82. The molecule has 0 spiro atoms. The van der Waals surface area contributed by atoms with Crippen molar-refractivity contribution in [1.82, 2.24) is 0 Å². The summed E-state index contributed by atoms with van der Waals surface area (Å²) in [5.41, 5.74) is 2.26. The number of para-hydroxylation sites is 1. The molecule has 0 radical (unpaired) electrons. The van der Waals surface area contributed by atoms with Gasteiger partial charge in [-0.25, -0.2) is 0 Å². The number of fused-ring (bicyclic) bond motifs is 1. The fourth-order valence-corrected chi connectivity index (χ4v) is 2.01. The topological polar surface area (TPSA) is 38.3 Å². The van der Waals surface area contributed by atoms with E-state index in [1.54, 1.807) is 0 Å². The lowest BCUT2D eigenvalue weighted by Crippen LogP contribution is -2.02. The van der Waals surface area contributed by atoms with E-state index in [0.29, 0.717) is 18.9 Å². The summed E-state index contributed by atoms with van der Waals surface area (Å²) in [6.45, 7) is 3.46. The maximum Gasteiger partial charge on any atom is 0.142 e. The van der Waals surface area contributed by atoms with Crippen LogP contribution in [0, 0.1) is 0 Å². The second-order valence-corrected chi connectivity index (χ2v) is 3.63. The third kappa shape index (κ3) is 1.82. The van der Waals surface area contributed by atoms with E-state index in [-0.39, 0.29) is 0 Å². The number of hydrogen-bond donors (Lipinski definition) is 1. The number of aldehydes is 1. The van der Waals surface area contributed by atoms with Crippen LogP contribution in [0.5, 0.6) is 5.75 Å². The van der Waals surface area contributed by atoms with Crippen LogP contribution in [-0.2, 0) is 4.79 Å². The summed E-state index contributed by atoms with van der Waals surface area (Å²) in [4.78, 5) is 10.5. The quantitative estimate of drug-likeness (QED) is 0.766. The van der Waals surface area contributed by atoms with Crippen LogP contribution in [0.4, 0.5) is 5.69 Å². The number of anilines is 1. The molecule has 1 unspecified atom stereocenters. The van der Waals surface area contributed by atoms with Crippen LogP contribution >= 0.6 is 0 Å². The molecular formula is C12H15NO2. The predicted octanol–water partition coefficient (Wildman–Crippen LogP) is 2.18. The molecule has 0 aliphatic carbocycles. The Balaban J connectivity index is 2.30. The Labute approximate surface area is 89.4 Å². The lowest BCUT2D eigenvalue weighted by atomic mass is 9.98. The molecule has 0 aromatic heterocycles. The van der Waals surface area contributed by atoms with E-state index in [2.05, 4.69) is 11.4 Å². The molecule has 3 nitrogen and oxygen atoms in total. The van der Waals surface area contributed by atoms with E-state index < -0.39 is 0 Å². The van der Waals surface area contributed by atoms with Gasteiger partial charge in [0.2, 0.25) is 0 Å². The van der Waals surface area contributed by atoms with Crippen molar-refractivity contribution in [3.8, 4) is 5.75 Å². The third-order valence-corrected chi connectivity index (χ3v) is 2.70. The number of ether oxygens (including phenoxy) is 1. The molecule has 80 valence electrons. The molecule has 3 heteroatoms. The average molecular weight is 205 g/mol. The van der Waals surface area contributed by atoms with Crippen molar-refractivity contribution in [3.05, 3.63) is 23.8 Å². The molecule has 1 atom stereocenters. The van der Waals surface area contributed by atoms with Gasteiger partial charge in [-0.2, -0.15) is 0 Å². The normalized spacial score (nSPS) is 18.1. The highest BCUT2D eigenvalue weighted by molar-refractivity contribution is 5.68. The van der Waals surface area contributed by atoms with Crippen molar-refractivity contribution in [2.24, 2.45) is 0 Å². The van der Waals surface area contributed by atoms with Crippen LogP contribution in [0.25, 0.3) is 0 Å². The van der Waals surface area contributed by atoms with Gasteiger partial charge in [0, 0.05) is 18.9 Å². The van der Waals surface area contributed by atoms with Gasteiger partial charge in [0.15, 0.2) is 0 Å². The molecule has 0 bridgehead atoms. The Kier molecular flexibility index (Phi) is 2.90. The standard InChI is InChI=1S/C12H15NO2/c1-2-15-11-5-3-4-10-9(6-7-14)8-13-12(10)11/h3-5,7,9,13H,2,6,8H2,1H3. The third-order valence-electron chi connectivity index (χ3n) is 2.70. The van der Waals surface area contributed by atoms with E-state index in [4.69, 9.17) is 4.74 Å². The summed E-state index contributed by atoms with van der Waals surface area (Å²) in [5.74, 6) is 1.20. The van der Waals surface area contributed by atoms with E-state index in [1.807, 2.05) is 19.1 Å². The summed E-state index contributed by atoms with van der Waals surface area (Å²) in [5, 5.41) is 3.30. The summed E-state index contributed by atoms with van der Waals surface area (Å²) < 4.78 is 5.52. The molecule has 1 aliphatic rings. The van der Waals surface area contributed by atoms with Crippen molar-refractivity contribution in [1.29, 1.82) is 0 Å². The molecule has 1 heterocycles. The second-order valence-electron chi connectivity index (χ2n) is 3.63. The van der Waals surface area contributed by atoms with Crippen LogP contribution in [-0.4, -0.2) is 19.4 Å². The first-order valence-electron chi connectivity index (χ1n) is 5.30. The summed E-state index contributed by atoms with van der Waals surface area (Å²) in [6.07, 6.45) is 1.56. The fourth-order valence-electron chi connectivity index (χ4n) is 2.01. The molecule has 1 aromatic carbocycles. The van der Waals surface area contributed by atoms with Gasteiger partial charge in [-0.05, 0) is 18.6 Å². The number of rotatable bonds is 4. The van der Waals surface area contributed by atoms with E-state index in [1.165, 1.54) is 5.56 Å². The Bertz CT molecular complexity index is 363. The van der Waals surface area contributed by atoms with Gasteiger partial charge in [-0.1, -0.05) is 12.1 Å². The minimum Gasteiger partial charge on any atom is -0.492 e. The van der Waals surface area contributed by atoms with Crippen molar-refractivity contribution >= 4 is 12.0 Å². The number of carbonyl (C=O) groups excluding carboxylic acids is 1. The second kappa shape index (κ2) is 4.34. The van der Waals surface area contributed by atoms with E-state index in [0.717, 1.165) is 24.3 Å². The van der Waals surface area contributed by atoms with Gasteiger partial charge in [0.1, 0.15) is 12.0 Å². The molecule has 0 fully saturated rings. The van der Waals surface area contributed by atoms with Crippen LogP contribution in [0.1, 0.15) is 24.8 Å². The van der Waals surface area contributed by atoms with Crippen LogP contribution in [0.3, 0.4) is 0 Å². The highest BCUT2D eigenvalue weighted by Crippen LogP contribution is 2.39. The molecule has 0 saturated heterocycles. The Morgan fingerprint density at radius 3 is 3.20 bits per heavy atom. The smallest absolute Gasteiger partial charge is 0.142 e. The molecule has 1 N–H and O–H groups in total. The van der Waals surface area contributed by atoms with Crippen molar-refractivity contribution in [2.45, 2.75) is 19.3 Å². The highest BCUT2D eigenvalue weighted by Gasteiger charge is 2.24. The van der Waals surface area contributed by atoms with Gasteiger partial charge < -0.3 is 14.8 Å². The average Bonchev–Trinajstić information content (AvgIpc) is 2.64. The minimum absolute atomic E-state index is 0.304. The van der Waals surface area contributed by atoms with Crippen molar-refractivity contribution < 1.29 is 9.53 Å². The molecular weight excluding hydrogens is 190 g/mol. The van der Waals surface area contributed by atoms with Gasteiger partial charge >= 0.3 is 0 Å². The van der Waals surface area contributed by atoms with Gasteiger partial charge in [-0.15, -0.1) is 0 Å². The van der Waals surface area contributed by atoms with Crippen molar-refractivity contribution in [2.75, 3.05) is 18.5 Å². The predicted molar refractivity (Wildman–Crippen MR) is 59.5 cm³/mol. The molecule has 0 saturated carbocycles. The van der Waals surface area contributed by atoms with Crippen LogP contribution in [0.15, 0.2) is 18.2 Å². The van der Waals surface area contributed by atoms with E-state index in [9.17, 15) is 4.79 Å². The maximum atomic E-state index is 10.5. The lowest BCUT2D eigenvalue weighted by molar-refractivity contribution is -0.108. The highest BCUT2D eigenvalue weighted by atomic mass is 16.5. The summed E-state index contributed by atoms with van der Waals surface area (Å²) in [7, 11) is 0. The Morgan fingerprint density at radius 2 is 2.47 bits per heavy atom. The Hall–Kier alpha value is -1.51. The number of hydrogen-bond acceptors (Lipinski definition) is 3. The number of nitrogens with one attached hydrogen (secondary N) is 1.